The highest BCUT2D eigenvalue weighted by atomic mass is 32.2. The molecule has 0 aromatic carbocycles. The molecule has 0 unspecified atom stereocenters. The number of nitriles is 1. The highest BCUT2D eigenvalue weighted by Crippen LogP contribution is 2.22. The SMILES string of the molecule is CCn1nccc1N1CCC[C@@H](NS(=O)(=O)c2ccc(C#N)nc2)C1=O. The van der Waals surface area contributed by atoms with Crippen LogP contribution in [0.5, 0.6) is 0 Å². The minimum absolute atomic E-state index is 0.0833. The summed E-state index contributed by atoms with van der Waals surface area (Å²) in [7, 11) is -3.92. The van der Waals surface area contributed by atoms with Crippen molar-refractivity contribution in [2.75, 3.05) is 11.4 Å². The van der Waals surface area contributed by atoms with Crippen LogP contribution in [-0.2, 0) is 21.4 Å². The number of nitrogens with one attached hydrogen (secondary N) is 1. The molecule has 0 radical (unpaired) electrons. The van der Waals surface area contributed by atoms with Crippen LogP contribution < -0.4 is 9.62 Å². The normalized spacial score (nSPS) is 17.9. The van der Waals surface area contributed by atoms with E-state index in [1.165, 1.54) is 12.1 Å². The van der Waals surface area contributed by atoms with Gasteiger partial charge in [-0.05, 0) is 31.9 Å². The van der Waals surface area contributed by atoms with Crippen LogP contribution in [-0.4, -0.2) is 41.7 Å². The number of sulfonamides is 1. The molecule has 1 saturated heterocycles. The van der Waals surface area contributed by atoms with E-state index in [9.17, 15) is 13.2 Å². The third kappa shape index (κ3) is 3.44. The number of carbonyl (C=O) groups is 1. The van der Waals surface area contributed by atoms with Crippen molar-refractivity contribution in [3.63, 3.8) is 0 Å². The van der Waals surface area contributed by atoms with Crippen LogP contribution in [0.1, 0.15) is 25.5 Å². The quantitative estimate of drug-likeness (QED) is 0.820. The predicted molar refractivity (Wildman–Crippen MR) is 92.5 cm³/mol. The maximum atomic E-state index is 12.8. The molecule has 26 heavy (non-hydrogen) atoms. The number of rotatable bonds is 5. The summed E-state index contributed by atoms with van der Waals surface area (Å²) in [6, 6.07) is 5.33. The monoisotopic (exact) mass is 374 g/mol. The Hall–Kier alpha value is -2.77. The number of aryl methyl sites for hydroxylation is 1. The Labute approximate surface area is 151 Å². The van der Waals surface area contributed by atoms with Crippen molar-refractivity contribution in [2.24, 2.45) is 0 Å². The number of aromatic nitrogens is 3. The lowest BCUT2D eigenvalue weighted by molar-refractivity contribution is -0.121. The fraction of sp³-hybridized carbons (Fsp3) is 0.375. The van der Waals surface area contributed by atoms with Gasteiger partial charge >= 0.3 is 0 Å². The molecule has 1 amide bonds. The first-order chi connectivity index (χ1) is 12.5. The Bertz CT molecular complexity index is 945. The molecule has 1 fully saturated rings. The summed E-state index contributed by atoms with van der Waals surface area (Å²) in [6.45, 7) is 3.05. The molecule has 10 heteroatoms. The van der Waals surface area contributed by atoms with Gasteiger partial charge in [-0.25, -0.2) is 18.1 Å². The number of pyridine rings is 1. The number of amides is 1. The summed E-state index contributed by atoms with van der Waals surface area (Å²) < 4.78 is 29.2. The highest BCUT2D eigenvalue weighted by molar-refractivity contribution is 7.89. The van der Waals surface area contributed by atoms with Crippen LogP contribution in [0.3, 0.4) is 0 Å². The second kappa shape index (κ2) is 7.23. The summed E-state index contributed by atoms with van der Waals surface area (Å²) in [6.07, 6.45) is 3.80. The van der Waals surface area contributed by atoms with Crippen LogP contribution >= 0.6 is 0 Å². The van der Waals surface area contributed by atoms with E-state index in [0.29, 0.717) is 31.7 Å². The van der Waals surface area contributed by atoms with E-state index >= 15 is 0 Å². The minimum atomic E-state index is -3.92. The Balaban J connectivity index is 1.80. The van der Waals surface area contributed by atoms with Gasteiger partial charge in [0.05, 0.1) is 6.20 Å². The van der Waals surface area contributed by atoms with E-state index < -0.39 is 16.1 Å². The third-order valence-electron chi connectivity index (χ3n) is 4.17. The number of hydrogen-bond donors (Lipinski definition) is 1. The lowest BCUT2D eigenvalue weighted by Crippen LogP contribution is -2.52. The van der Waals surface area contributed by atoms with Crippen molar-refractivity contribution in [1.82, 2.24) is 19.5 Å². The van der Waals surface area contributed by atoms with E-state index in [1.54, 1.807) is 21.8 Å². The molecule has 0 aliphatic carbocycles. The van der Waals surface area contributed by atoms with Gasteiger partial charge in [0.25, 0.3) is 0 Å². The van der Waals surface area contributed by atoms with Gasteiger partial charge in [-0.15, -0.1) is 0 Å². The molecule has 9 nitrogen and oxygen atoms in total. The van der Waals surface area contributed by atoms with Gasteiger partial charge in [0.2, 0.25) is 15.9 Å². The number of anilines is 1. The molecule has 1 aliphatic heterocycles. The van der Waals surface area contributed by atoms with Crippen molar-refractivity contribution < 1.29 is 13.2 Å². The molecule has 0 bridgehead atoms. The first-order valence-corrected chi connectivity index (χ1v) is 9.66. The van der Waals surface area contributed by atoms with Gasteiger partial charge in [0.15, 0.2) is 0 Å². The van der Waals surface area contributed by atoms with Crippen LogP contribution in [0.15, 0.2) is 35.5 Å². The molecular weight excluding hydrogens is 356 g/mol. The smallest absolute Gasteiger partial charge is 0.246 e. The fourth-order valence-corrected chi connectivity index (χ4v) is 4.04. The number of piperidine rings is 1. The van der Waals surface area contributed by atoms with Crippen LogP contribution in [0, 0.1) is 11.3 Å². The summed E-state index contributed by atoms with van der Waals surface area (Å²) in [5.74, 6) is 0.345. The molecule has 3 heterocycles. The largest absolute Gasteiger partial charge is 0.296 e. The van der Waals surface area contributed by atoms with E-state index in [0.717, 1.165) is 6.20 Å². The van der Waals surface area contributed by atoms with Crippen molar-refractivity contribution in [1.29, 1.82) is 5.26 Å². The number of nitrogens with zero attached hydrogens (tertiary/aromatic N) is 5. The van der Waals surface area contributed by atoms with Crippen molar-refractivity contribution >= 4 is 21.7 Å². The van der Waals surface area contributed by atoms with Crippen molar-refractivity contribution in [3.8, 4) is 6.07 Å². The molecular formula is C16H18N6O3S. The minimum Gasteiger partial charge on any atom is -0.296 e. The fourth-order valence-electron chi connectivity index (χ4n) is 2.87. The highest BCUT2D eigenvalue weighted by Gasteiger charge is 2.34. The topological polar surface area (TPSA) is 121 Å². The van der Waals surface area contributed by atoms with E-state index in [1.807, 2.05) is 13.0 Å². The average Bonchev–Trinajstić information content (AvgIpc) is 3.12. The molecule has 2 aromatic rings. The zero-order chi connectivity index (χ0) is 18.7. The van der Waals surface area contributed by atoms with Gasteiger partial charge in [0, 0.05) is 25.4 Å². The van der Waals surface area contributed by atoms with Crippen molar-refractivity contribution in [3.05, 3.63) is 36.3 Å². The Morgan fingerprint density at radius 1 is 1.38 bits per heavy atom. The van der Waals surface area contributed by atoms with Gasteiger partial charge < -0.3 is 0 Å². The lowest BCUT2D eigenvalue weighted by atomic mass is 10.1. The van der Waals surface area contributed by atoms with Gasteiger partial charge in [-0.3, -0.25) is 9.69 Å². The summed E-state index contributed by atoms with van der Waals surface area (Å²) in [5.41, 5.74) is 0.122. The Morgan fingerprint density at radius 2 is 2.19 bits per heavy atom. The first kappa shape index (κ1) is 18.0. The number of carbonyl (C=O) groups excluding carboxylic acids is 1. The Kier molecular flexibility index (Phi) is 5.01. The first-order valence-electron chi connectivity index (χ1n) is 8.18. The molecule has 1 aliphatic rings. The van der Waals surface area contributed by atoms with E-state index in [-0.39, 0.29) is 16.5 Å². The van der Waals surface area contributed by atoms with E-state index in [2.05, 4.69) is 14.8 Å². The molecule has 1 atom stereocenters. The number of hydrogen-bond acceptors (Lipinski definition) is 6. The van der Waals surface area contributed by atoms with Crippen LogP contribution in [0.25, 0.3) is 0 Å². The second-order valence-corrected chi connectivity index (χ2v) is 7.52. The third-order valence-corrected chi connectivity index (χ3v) is 5.62. The molecule has 0 saturated carbocycles. The second-order valence-electron chi connectivity index (χ2n) is 5.80. The molecule has 3 rings (SSSR count). The predicted octanol–water partition coefficient (Wildman–Crippen LogP) is 0.644. The molecule has 0 spiro atoms. The zero-order valence-electron chi connectivity index (χ0n) is 14.2. The van der Waals surface area contributed by atoms with Crippen molar-refractivity contribution in [2.45, 2.75) is 37.2 Å². The maximum absolute atomic E-state index is 12.8. The van der Waals surface area contributed by atoms with Gasteiger partial charge in [-0.1, -0.05) is 0 Å². The maximum Gasteiger partial charge on any atom is 0.246 e. The zero-order valence-corrected chi connectivity index (χ0v) is 15.0. The standard InChI is InChI=1S/C16H18N6O3S/c1-2-22-15(7-8-19-22)21-9-3-4-14(16(21)23)20-26(24,25)13-6-5-12(10-17)18-11-13/h5-8,11,14,20H,2-4,9H2,1H3/t14-/m1/s1. The Morgan fingerprint density at radius 3 is 2.85 bits per heavy atom. The van der Waals surface area contributed by atoms with Gasteiger partial charge in [-0.2, -0.15) is 15.1 Å². The van der Waals surface area contributed by atoms with Crippen LogP contribution in [0.4, 0.5) is 5.82 Å². The van der Waals surface area contributed by atoms with Crippen LogP contribution in [0.2, 0.25) is 0 Å². The molecule has 1 N–H and O–H groups in total. The molecule has 136 valence electrons. The summed E-state index contributed by atoms with van der Waals surface area (Å²) >= 11 is 0. The average molecular weight is 374 g/mol. The lowest BCUT2D eigenvalue weighted by Gasteiger charge is -2.32. The summed E-state index contributed by atoms with van der Waals surface area (Å²) in [4.78, 5) is 18.0. The van der Waals surface area contributed by atoms with E-state index in [4.69, 9.17) is 5.26 Å². The molecule has 2 aromatic heterocycles. The van der Waals surface area contributed by atoms with Gasteiger partial charge in [0.1, 0.15) is 28.5 Å². The summed E-state index contributed by atoms with van der Waals surface area (Å²) in [5, 5.41) is 12.9.